The SMILES string of the molecule is CC(=O)OCc1cc(Cl)cc(OC[C@H]2C(Cl)C(Br)C[C@@H]2CC=CCCCC(=O)O)c1. The average Bonchev–Trinajstić information content (AvgIpc) is 2.94. The number of rotatable bonds is 11. The molecule has 4 atom stereocenters. The van der Waals surface area contributed by atoms with E-state index in [4.69, 9.17) is 37.8 Å². The highest BCUT2D eigenvalue weighted by Crippen LogP contribution is 2.42. The van der Waals surface area contributed by atoms with Crippen LogP contribution in [0.4, 0.5) is 0 Å². The predicted octanol–water partition coefficient (Wildman–Crippen LogP) is 5.99. The molecule has 0 heterocycles. The number of alkyl halides is 2. The molecular formula is C22H27BrCl2O5. The van der Waals surface area contributed by atoms with Gasteiger partial charge in [0.1, 0.15) is 12.4 Å². The molecule has 1 aliphatic rings. The number of unbranched alkanes of at least 4 members (excludes halogenated alkanes) is 1. The molecule has 0 amide bonds. The molecule has 1 aromatic carbocycles. The number of hydrogen-bond donors (Lipinski definition) is 1. The molecule has 0 aliphatic heterocycles. The number of carbonyl (C=O) groups excluding carboxylic acids is 1. The minimum Gasteiger partial charge on any atom is -0.493 e. The number of halogens is 3. The van der Waals surface area contributed by atoms with Gasteiger partial charge in [-0.05, 0) is 55.4 Å². The van der Waals surface area contributed by atoms with Crippen molar-refractivity contribution >= 4 is 51.1 Å². The van der Waals surface area contributed by atoms with E-state index in [9.17, 15) is 9.59 Å². The number of carbonyl (C=O) groups is 2. The Morgan fingerprint density at radius 2 is 2.07 bits per heavy atom. The maximum atomic E-state index is 11.0. The fourth-order valence-electron chi connectivity index (χ4n) is 3.55. The summed E-state index contributed by atoms with van der Waals surface area (Å²) in [6.07, 6.45) is 7.59. The van der Waals surface area contributed by atoms with E-state index in [0.717, 1.165) is 24.8 Å². The summed E-state index contributed by atoms with van der Waals surface area (Å²) in [7, 11) is 0. The van der Waals surface area contributed by atoms with E-state index in [2.05, 4.69) is 22.0 Å². The topological polar surface area (TPSA) is 72.8 Å². The van der Waals surface area contributed by atoms with Gasteiger partial charge in [0.25, 0.3) is 0 Å². The van der Waals surface area contributed by atoms with Gasteiger partial charge in [-0.15, -0.1) is 11.6 Å². The van der Waals surface area contributed by atoms with Gasteiger partial charge in [0.05, 0.1) is 12.0 Å². The van der Waals surface area contributed by atoms with Crippen molar-refractivity contribution in [2.45, 2.75) is 55.8 Å². The highest BCUT2D eigenvalue weighted by Gasteiger charge is 2.40. The predicted molar refractivity (Wildman–Crippen MR) is 122 cm³/mol. The summed E-state index contributed by atoms with van der Waals surface area (Å²) in [5.74, 6) is 0.0357. The van der Waals surface area contributed by atoms with Crippen molar-refractivity contribution in [1.82, 2.24) is 0 Å². The van der Waals surface area contributed by atoms with Gasteiger partial charge in [-0.2, -0.15) is 0 Å². The molecule has 1 aromatic rings. The summed E-state index contributed by atoms with van der Waals surface area (Å²) < 4.78 is 11.0. The van der Waals surface area contributed by atoms with Gasteiger partial charge < -0.3 is 14.6 Å². The number of carboxylic acids is 1. The molecule has 30 heavy (non-hydrogen) atoms. The van der Waals surface area contributed by atoms with E-state index in [-0.39, 0.29) is 35.1 Å². The fraction of sp³-hybridized carbons (Fsp3) is 0.545. The van der Waals surface area contributed by atoms with Gasteiger partial charge in [0.2, 0.25) is 0 Å². The second-order valence-corrected chi connectivity index (χ2v) is 9.62. The number of ether oxygens (including phenoxy) is 2. The molecule has 0 radical (unpaired) electrons. The number of allylic oxidation sites excluding steroid dienone is 2. The number of benzene rings is 1. The first-order chi connectivity index (χ1) is 14.3. The number of esters is 1. The van der Waals surface area contributed by atoms with Crippen molar-refractivity contribution < 1.29 is 24.2 Å². The number of carboxylic acid groups (broad SMARTS) is 1. The molecule has 0 spiro atoms. The summed E-state index contributed by atoms with van der Waals surface area (Å²) in [5, 5.41) is 9.16. The molecule has 2 unspecified atom stereocenters. The third-order valence-electron chi connectivity index (χ3n) is 5.07. The summed E-state index contributed by atoms with van der Waals surface area (Å²) in [4.78, 5) is 21.8. The van der Waals surface area contributed by atoms with Crippen LogP contribution in [0.3, 0.4) is 0 Å². The van der Waals surface area contributed by atoms with Gasteiger partial charge >= 0.3 is 11.9 Å². The Labute approximate surface area is 195 Å². The van der Waals surface area contributed by atoms with Crippen LogP contribution in [0.25, 0.3) is 0 Å². The number of hydrogen-bond acceptors (Lipinski definition) is 4. The van der Waals surface area contributed by atoms with Gasteiger partial charge in [0.15, 0.2) is 0 Å². The maximum absolute atomic E-state index is 11.0. The van der Waals surface area contributed by atoms with Crippen LogP contribution in [0.2, 0.25) is 5.02 Å². The molecule has 5 nitrogen and oxygen atoms in total. The Hall–Kier alpha value is -1.24. The molecule has 1 saturated carbocycles. The van der Waals surface area contributed by atoms with Crippen molar-refractivity contribution in [3.8, 4) is 5.75 Å². The zero-order valence-electron chi connectivity index (χ0n) is 16.9. The fourth-order valence-corrected chi connectivity index (χ4v) is 5.05. The van der Waals surface area contributed by atoms with Crippen LogP contribution >= 0.6 is 39.1 Å². The first-order valence-electron chi connectivity index (χ1n) is 9.96. The van der Waals surface area contributed by atoms with Gasteiger partial charge in [0, 0.05) is 29.1 Å². The molecule has 0 saturated heterocycles. The summed E-state index contributed by atoms with van der Waals surface area (Å²) in [5.41, 5.74) is 0.765. The molecule has 8 heteroatoms. The first kappa shape index (κ1) is 25.0. The summed E-state index contributed by atoms with van der Waals surface area (Å²) in [6.45, 7) is 1.97. The van der Waals surface area contributed by atoms with Crippen LogP contribution in [-0.2, 0) is 20.9 Å². The second-order valence-electron chi connectivity index (χ2n) is 7.50. The first-order valence-corrected chi connectivity index (χ1v) is 11.7. The Kier molecular flexibility index (Phi) is 10.5. The molecule has 166 valence electrons. The van der Waals surface area contributed by atoms with Crippen molar-refractivity contribution in [1.29, 1.82) is 0 Å². The molecular weight excluding hydrogens is 495 g/mol. The molecule has 1 N–H and O–H groups in total. The van der Waals surface area contributed by atoms with Crippen molar-refractivity contribution in [3.63, 3.8) is 0 Å². The van der Waals surface area contributed by atoms with E-state index < -0.39 is 5.97 Å². The van der Waals surface area contributed by atoms with Crippen LogP contribution in [0.1, 0.15) is 44.6 Å². The molecule has 2 rings (SSSR count). The Bertz CT molecular complexity index is 755. The highest BCUT2D eigenvalue weighted by molar-refractivity contribution is 9.09. The Balaban J connectivity index is 1.92. The van der Waals surface area contributed by atoms with Crippen LogP contribution < -0.4 is 4.74 Å². The second kappa shape index (κ2) is 12.6. The zero-order valence-corrected chi connectivity index (χ0v) is 20.0. The molecule has 0 bridgehead atoms. The summed E-state index contributed by atoms with van der Waals surface area (Å²) >= 11 is 16.5. The van der Waals surface area contributed by atoms with Gasteiger partial charge in [-0.25, -0.2) is 0 Å². The monoisotopic (exact) mass is 520 g/mol. The molecule has 0 aromatic heterocycles. The van der Waals surface area contributed by atoms with Crippen LogP contribution in [-0.4, -0.2) is 33.9 Å². The lowest BCUT2D eigenvalue weighted by atomic mass is 9.93. The normalized spacial score (nSPS) is 23.6. The maximum Gasteiger partial charge on any atom is 0.303 e. The van der Waals surface area contributed by atoms with Crippen LogP contribution in [0.5, 0.6) is 5.75 Å². The highest BCUT2D eigenvalue weighted by atomic mass is 79.9. The minimum atomic E-state index is -0.763. The molecule has 1 aliphatic carbocycles. The summed E-state index contributed by atoms with van der Waals surface area (Å²) in [6, 6.07) is 5.29. The van der Waals surface area contributed by atoms with Crippen LogP contribution in [0, 0.1) is 11.8 Å². The largest absolute Gasteiger partial charge is 0.493 e. The van der Waals surface area contributed by atoms with Gasteiger partial charge in [-0.3, -0.25) is 9.59 Å². The van der Waals surface area contributed by atoms with E-state index in [0.29, 0.717) is 29.7 Å². The van der Waals surface area contributed by atoms with Gasteiger partial charge in [-0.1, -0.05) is 39.7 Å². The van der Waals surface area contributed by atoms with E-state index >= 15 is 0 Å². The van der Waals surface area contributed by atoms with Crippen molar-refractivity contribution in [3.05, 3.63) is 40.9 Å². The Morgan fingerprint density at radius 3 is 2.77 bits per heavy atom. The van der Waals surface area contributed by atoms with E-state index in [1.807, 2.05) is 12.1 Å². The lowest BCUT2D eigenvalue weighted by molar-refractivity contribution is -0.142. The van der Waals surface area contributed by atoms with Crippen molar-refractivity contribution in [2.75, 3.05) is 6.61 Å². The minimum absolute atomic E-state index is 0.0462. The standard InChI is InChI=1S/C22H27BrCl2O5/c1-14(26)29-12-15-8-17(24)11-18(9-15)30-13-19-16(10-20(23)22(19)25)6-4-2-3-5-7-21(27)28/h2,4,8-9,11,16,19-20,22H,3,5-7,10,12-13H2,1H3,(H,27,28)/t16-,19+,20?,22?/m0/s1. The lowest BCUT2D eigenvalue weighted by Gasteiger charge is -2.22. The smallest absolute Gasteiger partial charge is 0.303 e. The zero-order chi connectivity index (χ0) is 22.1. The average molecular weight is 522 g/mol. The third-order valence-corrected chi connectivity index (χ3v) is 7.16. The molecule has 1 fully saturated rings. The third kappa shape index (κ3) is 8.48. The van der Waals surface area contributed by atoms with Crippen molar-refractivity contribution in [2.24, 2.45) is 11.8 Å². The Morgan fingerprint density at radius 1 is 1.30 bits per heavy atom. The quantitative estimate of drug-likeness (QED) is 0.167. The number of aliphatic carboxylic acids is 1. The van der Waals surface area contributed by atoms with E-state index in [1.165, 1.54) is 6.92 Å². The van der Waals surface area contributed by atoms with E-state index in [1.54, 1.807) is 12.1 Å². The lowest BCUT2D eigenvalue weighted by Crippen LogP contribution is -2.24. The van der Waals surface area contributed by atoms with Crippen LogP contribution in [0.15, 0.2) is 30.4 Å².